The van der Waals surface area contributed by atoms with Crippen LogP contribution in [0.1, 0.15) is 0 Å². The van der Waals surface area contributed by atoms with Crippen LogP contribution in [0.25, 0.3) is 0 Å². The molecule has 3 rings (SSSR count). The Morgan fingerprint density at radius 3 is 2.78 bits per heavy atom. The third-order valence-electron chi connectivity index (χ3n) is 3.68. The lowest BCUT2D eigenvalue weighted by Crippen LogP contribution is -3.14. The Balaban J connectivity index is 1.55. The van der Waals surface area contributed by atoms with Gasteiger partial charge < -0.3 is 15.1 Å². The fourth-order valence-electron chi connectivity index (χ4n) is 2.48. The van der Waals surface area contributed by atoms with Crippen LogP contribution in [-0.2, 0) is 6.67 Å². The monoisotopic (exact) mass is 350 g/mol. The molecule has 0 atom stereocenters. The Labute approximate surface area is 144 Å². The summed E-state index contributed by atoms with van der Waals surface area (Å²) in [4.78, 5) is 12.3. The lowest BCUT2D eigenvalue weighted by Gasteiger charge is -2.31. The third kappa shape index (κ3) is 4.12. The third-order valence-corrected chi connectivity index (χ3v) is 4.95. The summed E-state index contributed by atoms with van der Waals surface area (Å²) in [6.07, 6.45) is 5.38. The van der Waals surface area contributed by atoms with Gasteiger partial charge in [0.15, 0.2) is 10.6 Å². The van der Waals surface area contributed by atoms with E-state index < -0.39 is 0 Å². The van der Waals surface area contributed by atoms with Crippen molar-refractivity contribution in [1.82, 2.24) is 19.7 Å². The molecule has 0 spiro atoms. The molecule has 3 heterocycles. The predicted octanol–water partition coefficient (Wildman–Crippen LogP) is 0.425. The van der Waals surface area contributed by atoms with E-state index in [1.807, 2.05) is 16.8 Å². The number of rotatable bonds is 6. The number of quaternary nitrogens is 1. The number of piperazine rings is 1. The molecule has 0 bridgehead atoms. The zero-order chi connectivity index (χ0) is 16.1. The van der Waals surface area contributed by atoms with Crippen LogP contribution >= 0.6 is 23.6 Å². The van der Waals surface area contributed by atoms with Crippen molar-refractivity contribution in [1.29, 1.82) is 0 Å². The van der Waals surface area contributed by atoms with E-state index in [0.717, 1.165) is 47.9 Å². The van der Waals surface area contributed by atoms with Crippen molar-refractivity contribution in [3.63, 3.8) is 0 Å². The van der Waals surface area contributed by atoms with Crippen LogP contribution in [0, 0.1) is 3.95 Å². The topological polar surface area (TPSA) is 63.3 Å². The van der Waals surface area contributed by atoms with Crippen LogP contribution in [0.3, 0.4) is 0 Å². The summed E-state index contributed by atoms with van der Waals surface area (Å²) in [6, 6.07) is 1.84. The van der Waals surface area contributed by atoms with Crippen LogP contribution in [0.15, 0.2) is 31.1 Å². The average molecular weight is 350 g/mol. The molecule has 1 saturated heterocycles. The Morgan fingerprint density at radius 2 is 2.09 bits per heavy atom. The minimum absolute atomic E-state index is 0.699. The van der Waals surface area contributed by atoms with Crippen molar-refractivity contribution < 1.29 is 4.90 Å². The van der Waals surface area contributed by atoms with Gasteiger partial charge in [0.05, 0.1) is 26.2 Å². The van der Waals surface area contributed by atoms with Crippen molar-refractivity contribution in [3.8, 4) is 0 Å². The highest BCUT2D eigenvalue weighted by molar-refractivity contribution is 7.73. The molecular formula is C14H20N7S2+. The lowest BCUT2D eigenvalue weighted by molar-refractivity contribution is -0.924. The molecule has 7 nitrogen and oxygen atoms in total. The minimum Gasteiger partial charge on any atom is -0.357 e. The number of nitrogens with zero attached hydrogens (tertiary/aromatic N) is 5. The van der Waals surface area contributed by atoms with Gasteiger partial charge in [0.25, 0.3) is 0 Å². The highest BCUT2D eigenvalue weighted by Crippen LogP contribution is 2.13. The van der Waals surface area contributed by atoms with Gasteiger partial charge in [0, 0.05) is 18.9 Å². The summed E-state index contributed by atoms with van der Waals surface area (Å²) in [5, 5.41) is 8.57. The number of hydrogen-bond acceptors (Lipinski definition) is 7. The molecule has 0 saturated carbocycles. The second-order valence-electron chi connectivity index (χ2n) is 5.29. The number of hydrogen-bond donors (Lipinski definition) is 2. The van der Waals surface area contributed by atoms with E-state index >= 15 is 0 Å². The lowest BCUT2D eigenvalue weighted by atomic mass is 10.3. The molecular weight excluding hydrogens is 330 g/mol. The summed E-state index contributed by atoms with van der Waals surface area (Å²) in [6.45, 7) is 9.12. The van der Waals surface area contributed by atoms with E-state index in [9.17, 15) is 0 Å². The van der Waals surface area contributed by atoms with E-state index in [0.29, 0.717) is 6.54 Å². The van der Waals surface area contributed by atoms with Crippen LogP contribution in [0.4, 0.5) is 11.1 Å². The Bertz CT molecular complexity index is 689. The molecule has 0 radical (unpaired) electrons. The van der Waals surface area contributed by atoms with E-state index in [1.54, 1.807) is 12.4 Å². The molecule has 2 N–H and O–H groups in total. The Hall–Kier alpha value is -1.84. The predicted molar refractivity (Wildman–Crippen MR) is 94.6 cm³/mol. The van der Waals surface area contributed by atoms with Gasteiger partial charge in [-0.3, -0.25) is 0 Å². The summed E-state index contributed by atoms with van der Waals surface area (Å²) in [5.74, 6) is 0.813. The summed E-state index contributed by atoms with van der Waals surface area (Å²) in [5.41, 5.74) is 0. The molecule has 0 aromatic carbocycles. The van der Waals surface area contributed by atoms with Crippen molar-refractivity contribution in [2.24, 2.45) is 0 Å². The quantitative estimate of drug-likeness (QED) is 0.582. The summed E-state index contributed by atoms with van der Waals surface area (Å²) < 4.78 is 2.72. The molecule has 0 amide bonds. The first kappa shape index (κ1) is 16.0. The normalized spacial score (nSPS) is 15.6. The molecule has 2 aromatic heterocycles. The second kappa shape index (κ2) is 7.62. The maximum absolute atomic E-state index is 5.40. The molecule has 9 heteroatoms. The first-order valence-electron chi connectivity index (χ1n) is 7.54. The van der Waals surface area contributed by atoms with Gasteiger partial charge in [0.2, 0.25) is 11.1 Å². The first-order chi connectivity index (χ1) is 11.3. The van der Waals surface area contributed by atoms with Crippen LogP contribution in [-0.4, -0.2) is 52.5 Å². The SMILES string of the molecule is C=CCNc1nn(C[NH+]2CCN(c3ncccn3)CC2)c(=S)s1. The summed E-state index contributed by atoms with van der Waals surface area (Å²) in [7, 11) is 0. The van der Waals surface area contributed by atoms with Gasteiger partial charge in [-0.15, -0.1) is 11.7 Å². The molecule has 0 unspecified atom stereocenters. The van der Waals surface area contributed by atoms with E-state index in [-0.39, 0.29) is 0 Å². The smallest absolute Gasteiger partial charge is 0.225 e. The fourth-order valence-corrected chi connectivity index (χ4v) is 3.50. The number of aromatic nitrogens is 4. The molecule has 0 aliphatic carbocycles. The molecule has 23 heavy (non-hydrogen) atoms. The van der Waals surface area contributed by atoms with E-state index in [4.69, 9.17) is 12.2 Å². The number of nitrogens with one attached hydrogen (secondary N) is 2. The van der Waals surface area contributed by atoms with Gasteiger partial charge in [-0.2, -0.15) is 4.68 Å². The van der Waals surface area contributed by atoms with Crippen molar-refractivity contribution in [3.05, 3.63) is 35.1 Å². The van der Waals surface area contributed by atoms with E-state index in [1.165, 1.54) is 16.2 Å². The largest absolute Gasteiger partial charge is 0.357 e. The first-order valence-corrected chi connectivity index (χ1v) is 8.77. The maximum Gasteiger partial charge on any atom is 0.225 e. The van der Waals surface area contributed by atoms with Gasteiger partial charge in [0.1, 0.15) is 0 Å². The highest BCUT2D eigenvalue weighted by Gasteiger charge is 2.22. The molecule has 1 aliphatic heterocycles. The molecule has 1 aliphatic rings. The Kier molecular flexibility index (Phi) is 5.31. The Morgan fingerprint density at radius 1 is 1.35 bits per heavy atom. The van der Waals surface area contributed by atoms with Crippen LogP contribution in [0.5, 0.6) is 0 Å². The van der Waals surface area contributed by atoms with Gasteiger partial charge in [-0.05, 0) is 18.3 Å². The van der Waals surface area contributed by atoms with Crippen molar-refractivity contribution in [2.45, 2.75) is 6.67 Å². The van der Waals surface area contributed by atoms with Crippen molar-refractivity contribution in [2.75, 3.05) is 42.9 Å². The standard InChI is InChI=1S/C14H19N7S2/c1-2-4-17-13-18-21(14(22)23-13)11-19-7-9-20(10-8-19)12-15-5-3-6-16-12/h2-3,5-6H,1,4,7-11H2,(H,17,18)/p+1. The van der Waals surface area contributed by atoms with Crippen LogP contribution < -0.4 is 15.1 Å². The average Bonchev–Trinajstić information content (AvgIpc) is 2.94. The zero-order valence-corrected chi connectivity index (χ0v) is 14.4. The van der Waals surface area contributed by atoms with Crippen molar-refractivity contribution >= 4 is 34.6 Å². The molecule has 2 aromatic rings. The van der Waals surface area contributed by atoms with Gasteiger partial charge in [-0.1, -0.05) is 17.4 Å². The molecule has 1 fully saturated rings. The van der Waals surface area contributed by atoms with Crippen LogP contribution in [0.2, 0.25) is 0 Å². The zero-order valence-electron chi connectivity index (χ0n) is 12.8. The van der Waals surface area contributed by atoms with Gasteiger partial charge in [-0.25, -0.2) is 9.97 Å². The maximum atomic E-state index is 5.40. The highest BCUT2D eigenvalue weighted by atomic mass is 32.1. The summed E-state index contributed by atoms with van der Waals surface area (Å²) >= 11 is 6.91. The minimum atomic E-state index is 0.699. The fraction of sp³-hybridized carbons (Fsp3) is 0.429. The van der Waals surface area contributed by atoms with E-state index in [2.05, 4.69) is 31.9 Å². The second-order valence-corrected chi connectivity index (χ2v) is 6.91. The molecule has 122 valence electrons. The number of anilines is 2. The van der Waals surface area contributed by atoms with Gasteiger partial charge >= 0.3 is 0 Å².